The Labute approximate surface area is 136 Å². The highest BCUT2D eigenvalue weighted by Crippen LogP contribution is 2.19. The van der Waals surface area contributed by atoms with E-state index in [2.05, 4.69) is 26.1 Å². The van der Waals surface area contributed by atoms with Crippen molar-refractivity contribution in [3.8, 4) is 0 Å². The Bertz CT molecular complexity index is 289. The minimum Gasteiger partial charge on any atom is -0.373 e. The number of hydrogen-bond acceptors (Lipinski definition) is 4. The maximum Gasteiger partial charge on any atom is 0.501 e. The van der Waals surface area contributed by atoms with E-state index in [4.69, 9.17) is 13.3 Å². The van der Waals surface area contributed by atoms with E-state index >= 15 is 0 Å². The Hall–Kier alpha value is -0.693. The molecule has 0 unspecified atom stereocenters. The molecule has 0 fully saturated rings. The highest BCUT2D eigenvalue weighted by Gasteiger charge is 2.40. The average molecular weight is 332 g/mol. The minimum atomic E-state index is -2.62. The standard InChI is InChI=1S/C16H33NO4Si/c1-5-10-16(18)17-11-9-15-22(19-12-6-2,20-13-7-3)21-14-8-4/h5,10H,6-9,11-15H2,1-4H3,(H,17,18). The van der Waals surface area contributed by atoms with Crippen molar-refractivity contribution < 1.29 is 18.1 Å². The third-order valence-electron chi connectivity index (χ3n) is 2.86. The fraction of sp³-hybridized carbons (Fsp3) is 0.812. The summed E-state index contributed by atoms with van der Waals surface area (Å²) >= 11 is 0. The van der Waals surface area contributed by atoms with E-state index in [1.165, 1.54) is 6.08 Å². The van der Waals surface area contributed by atoms with Gasteiger partial charge in [-0.1, -0.05) is 26.8 Å². The minimum absolute atomic E-state index is 0.0619. The van der Waals surface area contributed by atoms with Crippen molar-refractivity contribution in [3.63, 3.8) is 0 Å². The molecule has 0 atom stereocenters. The summed E-state index contributed by atoms with van der Waals surface area (Å²) in [5, 5.41) is 2.85. The van der Waals surface area contributed by atoms with E-state index in [0.717, 1.165) is 31.7 Å². The fourth-order valence-electron chi connectivity index (χ4n) is 1.84. The summed E-state index contributed by atoms with van der Waals surface area (Å²) in [5.41, 5.74) is 0. The van der Waals surface area contributed by atoms with Gasteiger partial charge in [-0.3, -0.25) is 4.79 Å². The second kappa shape index (κ2) is 13.9. The van der Waals surface area contributed by atoms with Gasteiger partial charge < -0.3 is 18.6 Å². The number of hydrogen-bond donors (Lipinski definition) is 1. The monoisotopic (exact) mass is 331 g/mol. The maximum absolute atomic E-state index is 11.4. The summed E-state index contributed by atoms with van der Waals surface area (Å²) in [6, 6.07) is 0.739. The first-order chi connectivity index (χ1) is 10.6. The normalized spacial score (nSPS) is 12.0. The zero-order valence-corrected chi connectivity index (χ0v) is 15.7. The van der Waals surface area contributed by atoms with Crippen LogP contribution in [0.1, 0.15) is 53.4 Å². The number of rotatable bonds is 14. The Morgan fingerprint density at radius 3 is 1.91 bits per heavy atom. The van der Waals surface area contributed by atoms with Gasteiger partial charge in [0.25, 0.3) is 0 Å². The Morgan fingerprint density at radius 1 is 1.00 bits per heavy atom. The summed E-state index contributed by atoms with van der Waals surface area (Å²) in [7, 11) is -2.62. The molecule has 0 aromatic carbocycles. The van der Waals surface area contributed by atoms with Crippen LogP contribution in [0.4, 0.5) is 0 Å². The largest absolute Gasteiger partial charge is 0.501 e. The molecular formula is C16H33NO4Si. The third kappa shape index (κ3) is 10.1. The Morgan fingerprint density at radius 2 is 1.50 bits per heavy atom. The predicted molar refractivity (Wildman–Crippen MR) is 91.7 cm³/mol. The Kier molecular flexibility index (Phi) is 13.5. The van der Waals surface area contributed by atoms with Crippen molar-refractivity contribution in [2.75, 3.05) is 26.4 Å². The van der Waals surface area contributed by atoms with Crippen LogP contribution in [-0.4, -0.2) is 41.1 Å². The highest BCUT2D eigenvalue weighted by molar-refractivity contribution is 6.60. The molecule has 5 nitrogen and oxygen atoms in total. The lowest BCUT2D eigenvalue weighted by Gasteiger charge is -2.29. The smallest absolute Gasteiger partial charge is 0.373 e. The van der Waals surface area contributed by atoms with Crippen LogP contribution >= 0.6 is 0 Å². The van der Waals surface area contributed by atoms with Gasteiger partial charge in [0, 0.05) is 32.4 Å². The lowest BCUT2D eigenvalue weighted by atomic mass is 10.4. The van der Waals surface area contributed by atoms with Crippen LogP contribution in [0.3, 0.4) is 0 Å². The summed E-state index contributed by atoms with van der Waals surface area (Å²) < 4.78 is 18.0. The van der Waals surface area contributed by atoms with Crippen molar-refractivity contribution in [2.45, 2.75) is 59.4 Å². The van der Waals surface area contributed by atoms with Crippen molar-refractivity contribution in [1.29, 1.82) is 0 Å². The van der Waals surface area contributed by atoms with Crippen LogP contribution in [0.5, 0.6) is 0 Å². The maximum atomic E-state index is 11.4. The number of carbonyl (C=O) groups excluding carboxylic acids is 1. The van der Waals surface area contributed by atoms with Crippen LogP contribution in [0.25, 0.3) is 0 Å². The number of amides is 1. The molecule has 0 rings (SSSR count). The molecule has 0 aliphatic heterocycles. The average Bonchev–Trinajstić information content (AvgIpc) is 2.52. The van der Waals surface area contributed by atoms with Crippen LogP contribution in [0, 0.1) is 0 Å². The van der Waals surface area contributed by atoms with Crippen LogP contribution in [0.2, 0.25) is 6.04 Å². The topological polar surface area (TPSA) is 56.8 Å². The van der Waals surface area contributed by atoms with E-state index in [1.54, 1.807) is 6.08 Å². The third-order valence-corrected chi connectivity index (χ3v) is 5.75. The van der Waals surface area contributed by atoms with E-state index in [1.807, 2.05) is 6.92 Å². The summed E-state index contributed by atoms with van der Waals surface area (Å²) in [6.07, 6.45) is 6.88. The molecule has 1 N–H and O–H groups in total. The summed E-state index contributed by atoms with van der Waals surface area (Å²) in [5.74, 6) is -0.0619. The van der Waals surface area contributed by atoms with Gasteiger partial charge in [0.1, 0.15) is 0 Å². The molecule has 0 bridgehead atoms. The van der Waals surface area contributed by atoms with Crippen molar-refractivity contribution in [2.24, 2.45) is 0 Å². The van der Waals surface area contributed by atoms with Crippen molar-refractivity contribution >= 4 is 14.7 Å². The van der Waals surface area contributed by atoms with Gasteiger partial charge in [-0.15, -0.1) is 0 Å². The van der Waals surface area contributed by atoms with E-state index in [9.17, 15) is 4.79 Å². The molecule has 6 heteroatoms. The number of carbonyl (C=O) groups is 1. The quantitative estimate of drug-likeness (QED) is 0.301. The van der Waals surface area contributed by atoms with Crippen molar-refractivity contribution in [1.82, 2.24) is 5.32 Å². The summed E-state index contributed by atoms with van der Waals surface area (Å²) in [4.78, 5) is 11.4. The number of allylic oxidation sites excluding steroid dienone is 1. The number of nitrogens with one attached hydrogen (secondary N) is 1. The molecule has 0 aromatic heterocycles. The molecule has 0 aliphatic rings. The molecule has 0 heterocycles. The van der Waals surface area contributed by atoms with Gasteiger partial charge in [-0.05, 0) is 38.7 Å². The molecule has 0 saturated carbocycles. The second-order valence-corrected chi connectivity index (χ2v) is 7.86. The molecule has 0 spiro atoms. The highest BCUT2D eigenvalue weighted by atomic mass is 28.4. The molecule has 0 aromatic rings. The molecule has 0 aliphatic carbocycles. The van der Waals surface area contributed by atoms with Gasteiger partial charge in [-0.2, -0.15) is 0 Å². The van der Waals surface area contributed by atoms with Crippen LogP contribution in [0.15, 0.2) is 12.2 Å². The molecule has 130 valence electrons. The second-order valence-electron chi connectivity index (χ2n) is 5.12. The van der Waals surface area contributed by atoms with E-state index in [-0.39, 0.29) is 5.91 Å². The van der Waals surface area contributed by atoms with E-state index < -0.39 is 8.80 Å². The fourth-order valence-corrected chi connectivity index (χ4v) is 4.68. The first-order valence-electron chi connectivity index (χ1n) is 8.46. The molecule has 1 amide bonds. The first-order valence-corrected chi connectivity index (χ1v) is 10.4. The molecule has 0 saturated heterocycles. The van der Waals surface area contributed by atoms with Gasteiger partial charge in [0.15, 0.2) is 0 Å². The molecular weight excluding hydrogens is 298 g/mol. The van der Waals surface area contributed by atoms with Gasteiger partial charge in [0.2, 0.25) is 5.91 Å². The predicted octanol–water partition coefficient (Wildman–Crippen LogP) is 3.29. The Balaban J connectivity index is 4.47. The zero-order valence-electron chi connectivity index (χ0n) is 14.7. The summed E-state index contributed by atoms with van der Waals surface area (Å²) in [6.45, 7) is 10.6. The molecule has 22 heavy (non-hydrogen) atoms. The van der Waals surface area contributed by atoms with Crippen LogP contribution < -0.4 is 5.32 Å². The van der Waals surface area contributed by atoms with E-state index in [0.29, 0.717) is 26.4 Å². The van der Waals surface area contributed by atoms with Crippen molar-refractivity contribution in [3.05, 3.63) is 12.2 Å². The zero-order chi connectivity index (χ0) is 16.7. The van der Waals surface area contributed by atoms with Gasteiger partial charge in [0.05, 0.1) is 0 Å². The lowest BCUT2D eigenvalue weighted by Crippen LogP contribution is -2.47. The molecule has 0 radical (unpaired) electrons. The van der Waals surface area contributed by atoms with Crippen LogP contribution in [-0.2, 0) is 18.1 Å². The first kappa shape index (κ1) is 21.3. The lowest BCUT2D eigenvalue weighted by molar-refractivity contribution is -0.116. The van der Waals surface area contributed by atoms with Gasteiger partial charge in [-0.25, -0.2) is 0 Å². The SMILES string of the molecule is CC=CC(=O)NCCC[Si](OCCC)(OCCC)OCCC. The van der Waals surface area contributed by atoms with Gasteiger partial charge >= 0.3 is 8.80 Å².